The number of nitrogens with two attached hydrogens (primary N) is 3. The molecule has 106 heavy (non-hydrogen) atoms. The number of aliphatic hydroxyl groups excluding tert-OH is 8. The fraction of sp³-hybridized carbons (Fsp3) is 0.642. The molecular weight excluding hydrogens is 1450 g/mol. The lowest BCUT2D eigenvalue weighted by molar-refractivity contribution is -0.0367. The van der Waals surface area contributed by atoms with Gasteiger partial charge in [0, 0.05) is 6.42 Å². The molecule has 0 saturated carbocycles. The first-order valence-corrected chi connectivity index (χ1v) is 47.6. The molecule has 4 fully saturated rings. The van der Waals surface area contributed by atoms with Crippen LogP contribution in [-0.2, 0) is 25.4 Å². The van der Waals surface area contributed by atoms with Crippen LogP contribution in [0.2, 0.25) is 0 Å². The predicted molar refractivity (Wildman–Crippen MR) is 420 cm³/mol. The molecule has 4 aliphatic heterocycles. The van der Waals surface area contributed by atoms with Crippen molar-refractivity contribution in [1.82, 2.24) is 78.1 Å². The quantitative estimate of drug-likeness (QED) is 0.0305. The van der Waals surface area contributed by atoms with Crippen LogP contribution in [0, 0.1) is 13.8 Å². The second-order valence-electron chi connectivity index (χ2n) is 30.2. The number of fused-ring (bicyclic) bond motifs is 4. The first kappa shape index (κ1) is 83.6. The van der Waals surface area contributed by atoms with Gasteiger partial charge in [-0.05, 0) is 130 Å². The van der Waals surface area contributed by atoms with Gasteiger partial charge in [0.05, 0.1) is 50.3 Å². The second-order valence-corrected chi connectivity index (χ2v) is 47.5. The van der Waals surface area contributed by atoms with E-state index < -0.39 is 131 Å². The zero-order chi connectivity index (χ0) is 78.0. The van der Waals surface area contributed by atoms with Gasteiger partial charge in [-0.1, -0.05) is 27.2 Å². The number of hydrogen-bond acceptors (Lipinski definition) is 29. The van der Waals surface area contributed by atoms with E-state index in [0.717, 1.165) is 43.9 Å². The molecule has 0 radical (unpaired) electrons. The van der Waals surface area contributed by atoms with Crippen LogP contribution in [0.4, 0.5) is 17.8 Å². The predicted octanol–water partition coefficient (Wildman–Crippen LogP) is 2.66. The topological polar surface area (TPSA) is 510 Å². The number of nitrogen functional groups attached to an aromatic ring is 3. The number of nitrogens with one attached hydrogen (secondary N) is 2. The highest BCUT2D eigenvalue weighted by Gasteiger charge is 2.48. The molecule has 12 heterocycles. The van der Waals surface area contributed by atoms with E-state index >= 15 is 0 Å². The zero-order valence-electron chi connectivity index (χ0n) is 62.7. The molecule has 8 aromatic heterocycles. The summed E-state index contributed by atoms with van der Waals surface area (Å²) in [6, 6.07) is 0. The smallest absolute Gasteiger partial charge is 0.280 e. The van der Waals surface area contributed by atoms with Gasteiger partial charge in [-0.15, -0.1) is 52.7 Å². The Morgan fingerprint density at radius 2 is 0.840 bits per heavy atom. The molecule has 39 heteroatoms. The third-order valence-corrected chi connectivity index (χ3v) is 24.2. The van der Waals surface area contributed by atoms with Crippen LogP contribution >= 0.6 is 27.5 Å². The highest BCUT2D eigenvalue weighted by Crippen LogP contribution is 2.45. The molecule has 0 amide bonds. The third-order valence-electron chi connectivity index (χ3n) is 18.3. The van der Waals surface area contributed by atoms with Crippen molar-refractivity contribution in [2.75, 3.05) is 108 Å². The summed E-state index contributed by atoms with van der Waals surface area (Å²) in [6.07, 6.45) is 15.1. The monoisotopic (exact) mass is 1560 g/mol. The Labute approximate surface area is 615 Å². The Balaban J connectivity index is 0.000000164. The first-order valence-electron chi connectivity index (χ1n) is 35.4. The zero-order valence-corrected chi connectivity index (χ0v) is 66.3. The van der Waals surface area contributed by atoms with Gasteiger partial charge >= 0.3 is 0 Å². The van der Waals surface area contributed by atoms with Gasteiger partial charge in [0.25, 0.3) is 11.1 Å². The highest BCUT2D eigenvalue weighted by molar-refractivity contribution is 7.73. The van der Waals surface area contributed by atoms with Crippen molar-refractivity contribution in [3.63, 3.8) is 0 Å². The van der Waals surface area contributed by atoms with Crippen molar-refractivity contribution in [2.45, 2.75) is 184 Å². The van der Waals surface area contributed by atoms with Crippen molar-refractivity contribution in [3.8, 4) is 11.8 Å². The maximum Gasteiger partial charge on any atom is 0.280 e. The molecule has 0 unspecified atom stereocenters. The number of hydrogen-bond donors (Lipinski definition) is 13. The lowest BCUT2D eigenvalue weighted by Gasteiger charge is -2.19. The summed E-state index contributed by atoms with van der Waals surface area (Å²) in [7, 11) is 0. The van der Waals surface area contributed by atoms with Crippen LogP contribution in [-0.4, -0.2) is 309 Å². The molecule has 0 aliphatic carbocycles. The van der Waals surface area contributed by atoms with Crippen molar-refractivity contribution < 1.29 is 69.3 Å². The van der Waals surface area contributed by atoms with Crippen molar-refractivity contribution in [2.24, 2.45) is 0 Å². The number of ether oxygens (including phenoxy) is 6. The first-order chi connectivity index (χ1) is 49.6. The number of H-pyrrole nitrogens is 2. The van der Waals surface area contributed by atoms with Gasteiger partial charge in [0.2, 0.25) is 29.6 Å². The fourth-order valence-electron chi connectivity index (χ4n) is 12.6. The molecule has 588 valence electrons. The summed E-state index contributed by atoms with van der Waals surface area (Å²) < 4.78 is 41.5. The minimum atomic E-state index is -1.27. The average Bonchev–Trinajstić information content (AvgIpc) is 1.61. The number of aromatic nitrogens is 16. The molecule has 16 N–H and O–H groups in total. The van der Waals surface area contributed by atoms with Gasteiger partial charge in [0.15, 0.2) is 69.6 Å². The Bertz CT molecular complexity index is 4690. The van der Waals surface area contributed by atoms with Gasteiger partial charge in [-0.25, -0.2) is 24.9 Å². The number of imidazole rings is 4. The van der Waals surface area contributed by atoms with Crippen LogP contribution < -0.4 is 37.8 Å². The Morgan fingerprint density at radius 1 is 0.462 bits per heavy atom. The van der Waals surface area contributed by atoms with Crippen LogP contribution in [0.3, 0.4) is 0 Å². The fourth-order valence-corrected chi connectivity index (χ4v) is 16.4. The molecule has 35 nitrogen and oxygen atoms in total. The van der Waals surface area contributed by atoms with Crippen LogP contribution in [0.5, 0.6) is 11.8 Å². The minimum Gasteiger partial charge on any atom is -0.476 e. The largest absolute Gasteiger partial charge is 0.476 e. The number of aliphatic hydroxyl groups is 8. The Morgan fingerprint density at radius 3 is 1.25 bits per heavy atom. The standard InChI is InChI=1S/C18H30N5O4P.C17H28N5O4P.C17H27N4O4P.C15H24N5O4P/c1-5-6-8-26-16-12-15(21-18(19)22-16)23(10-20-12)17-14(25)13(24)11(27-17)7-9-28(2,3)4;1-5-7-25-15-11-14(20-17(18)21-15)22(9-19-11)16-13(24)12(23)10(26-16)6-8-27(2,3)4;1-6-11-20-12-15(18-9(2)19-16(12)24)21(11)17-14(23)13(22)10(25-17)7-8-26(3,4)5;1-7-17-9-12(18-15(16)19-13(9)23)20(7)14-11(22)10(21)8(24-14)5-6-25(2,3)4/h10-11,13-14,17,24-25H,2,5-9H2,1,3-4H3,(H2,19,21,22);9-10,12-13,16,23-24H,2,5-8H2,1,3-4H3,(H2,18,20,21);10,13-14,17,22-23H,3,6-8H2,1-2,4-5H3,(H,18,19,24);8,10-11,14,21-22H,2,5-6H2,1,3-4H3,(H3,16,18,19,23)/t11-,13-,14-,17-;10-,12-,13-,16-;10-,13-,14-,17-;8-,10-,11-,14-/m1111/s1. The van der Waals surface area contributed by atoms with Crippen LogP contribution in [0.25, 0.3) is 44.7 Å². The van der Waals surface area contributed by atoms with Gasteiger partial charge < -0.3 is 91.5 Å². The van der Waals surface area contributed by atoms with E-state index in [2.05, 4.69) is 145 Å². The average molecular weight is 1560 g/mol. The molecule has 8 aromatic rings. The second kappa shape index (κ2) is 34.2. The number of anilines is 3. The molecular formula is C67H109N19O16P4. The summed E-state index contributed by atoms with van der Waals surface area (Å²) in [4.78, 5) is 71.6. The van der Waals surface area contributed by atoms with Gasteiger partial charge in [0.1, 0.15) is 66.3 Å². The SMILES string of the molecule is C=P(C)(C)CC[C@H]1O[C@@H](n2c(C)nc3c(=O)[nH]c(N)nc32)[C@H](O)[C@@H]1O.C=P(C)(C)CC[C@H]1O[C@@H](n2c(CC)nc3c(=O)[nH]c(C)nc32)[C@H](O)[C@@H]1O.C=P(C)(C)CC[C@H]1O[C@@H](n2cnc3c(OCCC)nc(N)nc32)[C@H](O)[C@@H]1O.C=P(C)(C)CC[C@H]1O[C@@H](n2cnc3c(OCCCC)nc(N)nc32)[C@H](O)[C@@H]1O. The molecule has 4 saturated heterocycles. The van der Waals surface area contributed by atoms with Gasteiger partial charge in [-0.2, -0.15) is 24.9 Å². The summed E-state index contributed by atoms with van der Waals surface area (Å²) in [5, 5.41) is 83.9. The number of nitrogens with zero attached hydrogens (tertiary/aromatic N) is 14. The van der Waals surface area contributed by atoms with Crippen LogP contribution in [0.1, 0.15) is 108 Å². The van der Waals surface area contributed by atoms with E-state index in [1.165, 1.54) is 17.2 Å². The van der Waals surface area contributed by atoms with Crippen molar-refractivity contribution in [1.29, 1.82) is 0 Å². The Hall–Kier alpha value is -6.48. The third kappa shape index (κ3) is 19.7. The van der Waals surface area contributed by atoms with E-state index in [4.69, 9.17) is 45.6 Å². The van der Waals surface area contributed by atoms with E-state index in [-0.39, 0.29) is 40.1 Å². The molecule has 4 aliphatic rings. The van der Waals surface area contributed by atoms with E-state index in [1.54, 1.807) is 27.5 Å². The summed E-state index contributed by atoms with van der Waals surface area (Å²) in [5.41, 5.74) is 19.1. The van der Waals surface area contributed by atoms with E-state index in [1.807, 2.05) is 13.8 Å². The van der Waals surface area contributed by atoms with Crippen molar-refractivity contribution >= 4 is 115 Å². The summed E-state index contributed by atoms with van der Waals surface area (Å²) in [5.74, 6) is 2.14. The maximum absolute atomic E-state index is 12.2. The molecule has 12 rings (SSSR count). The number of aryl methyl sites for hydroxylation is 3. The number of unbranched alkanes of at least 4 members (excludes halogenated alkanes) is 1. The maximum atomic E-state index is 12.2. The summed E-state index contributed by atoms with van der Waals surface area (Å²) >= 11 is 0. The Kier molecular flexibility index (Phi) is 27.0. The van der Waals surface area contributed by atoms with Gasteiger partial charge in [-0.3, -0.25) is 32.8 Å². The molecule has 0 bridgehead atoms. The normalized spacial score (nSPS) is 26.3. The summed E-state index contributed by atoms with van der Waals surface area (Å²) in [6.45, 7) is 22.2. The van der Waals surface area contributed by atoms with Crippen LogP contribution in [0.15, 0.2) is 22.2 Å². The lowest BCUT2D eigenvalue weighted by Crippen LogP contribution is -2.32. The minimum absolute atomic E-state index is 0.0449. The molecule has 0 aromatic carbocycles. The van der Waals surface area contributed by atoms with Crippen molar-refractivity contribution in [3.05, 3.63) is 50.8 Å². The highest BCUT2D eigenvalue weighted by atomic mass is 31.2. The lowest BCUT2D eigenvalue weighted by atomic mass is 10.1. The molecule has 0 spiro atoms. The number of aromatic amines is 2. The number of rotatable bonds is 24. The molecule has 16 atom stereocenters. The van der Waals surface area contributed by atoms with E-state index in [0.29, 0.717) is 103 Å². The van der Waals surface area contributed by atoms with E-state index in [9.17, 15) is 50.4 Å².